The first-order valence-electron chi connectivity index (χ1n) is 6.80. The molecule has 0 aromatic heterocycles. The Morgan fingerprint density at radius 3 is 2.76 bits per heavy atom. The van der Waals surface area contributed by atoms with Crippen molar-refractivity contribution in [1.82, 2.24) is 10.6 Å². The molecule has 0 aliphatic carbocycles. The lowest BCUT2D eigenvalue weighted by molar-refractivity contribution is 0.0956. The third kappa shape index (κ3) is 5.61. The van der Waals surface area contributed by atoms with Gasteiger partial charge in [-0.3, -0.25) is 4.79 Å². The molecule has 1 aromatic rings. The minimum Gasteiger partial charge on any atom is -0.490 e. The fourth-order valence-corrected chi connectivity index (χ4v) is 1.98. The Labute approximate surface area is 131 Å². The van der Waals surface area contributed by atoms with Crippen molar-refractivity contribution < 1.29 is 9.53 Å². The molecule has 21 heavy (non-hydrogen) atoms. The molecule has 0 unspecified atom stereocenters. The van der Waals surface area contributed by atoms with Crippen molar-refractivity contribution in [1.29, 1.82) is 0 Å². The molecule has 2 N–H and O–H groups in total. The van der Waals surface area contributed by atoms with Crippen molar-refractivity contribution in [2.24, 2.45) is 0 Å². The number of carbonyl (C=O) groups excluding carboxylic acids is 1. The maximum atomic E-state index is 12.0. The fraction of sp³-hybridized carbons (Fsp3) is 0.312. The second-order valence-electron chi connectivity index (χ2n) is 4.62. The van der Waals surface area contributed by atoms with Gasteiger partial charge in [-0.25, -0.2) is 0 Å². The molecule has 114 valence electrons. The van der Waals surface area contributed by atoms with Gasteiger partial charge in [0.2, 0.25) is 0 Å². The SMILES string of the molecule is C=CCOc1ccc(C(=O)NCC2=CCNCC2)cc1.Cl. The number of rotatable bonds is 6. The third-order valence-electron chi connectivity index (χ3n) is 3.12. The molecule has 0 spiro atoms. The minimum absolute atomic E-state index is 0. The topological polar surface area (TPSA) is 50.4 Å². The van der Waals surface area contributed by atoms with Crippen LogP contribution in [0.25, 0.3) is 0 Å². The summed E-state index contributed by atoms with van der Waals surface area (Å²) in [5, 5.41) is 6.19. The van der Waals surface area contributed by atoms with Gasteiger partial charge in [0, 0.05) is 18.7 Å². The molecule has 0 saturated carbocycles. The molecular formula is C16H21ClN2O2. The zero-order valence-corrected chi connectivity index (χ0v) is 12.7. The van der Waals surface area contributed by atoms with Gasteiger partial charge < -0.3 is 15.4 Å². The Morgan fingerprint density at radius 1 is 1.38 bits per heavy atom. The largest absolute Gasteiger partial charge is 0.490 e. The zero-order valence-electron chi connectivity index (χ0n) is 11.9. The molecule has 0 bridgehead atoms. The molecule has 1 aliphatic rings. The van der Waals surface area contributed by atoms with E-state index in [0.29, 0.717) is 18.7 Å². The van der Waals surface area contributed by atoms with Crippen molar-refractivity contribution in [3.63, 3.8) is 0 Å². The van der Waals surface area contributed by atoms with Crippen molar-refractivity contribution in [3.8, 4) is 5.75 Å². The Balaban J connectivity index is 0.00000220. The lowest BCUT2D eigenvalue weighted by Gasteiger charge is -2.14. The van der Waals surface area contributed by atoms with Crippen LogP contribution >= 0.6 is 12.4 Å². The van der Waals surface area contributed by atoms with E-state index >= 15 is 0 Å². The molecule has 4 nitrogen and oxygen atoms in total. The lowest BCUT2D eigenvalue weighted by Crippen LogP contribution is -2.29. The van der Waals surface area contributed by atoms with E-state index in [1.165, 1.54) is 5.57 Å². The summed E-state index contributed by atoms with van der Waals surface area (Å²) in [5.74, 6) is 0.683. The average molecular weight is 309 g/mol. The standard InChI is InChI=1S/C16H20N2O2.ClH/c1-2-11-20-15-5-3-14(4-6-15)16(19)18-12-13-7-9-17-10-8-13;/h2-7,17H,1,8-12H2,(H,18,19);1H. The highest BCUT2D eigenvalue weighted by molar-refractivity contribution is 5.94. The number of nitrogens with one attached hydrogen (secondary N) is 2. The highest BCUT2D eigenvalue weighted by Gasteiger charge is 2.08. The van der Waals surface area contributed by atoms with Crippen LogP contribution < -0.4 is 15.4 Å². The Morgan fingerprint density at radius 2 is 2.14 bits per heavy atom. The summed E-state index contributed by atoms with van der Waals surface area (Å²) in [6.45, 7) is 6.55. The first kappa shape index (κ1) is 17.3. The number of benzene rings is 1. The number of halogens is 1. The van der Waals surface area contributed by atoms with Crippen LogP contribution in [0.15, 0.2) is 48.6 Å². The van der Waals surface area contributed by atoms with Crippen molar-refractivity contribution in [2.75, 3.05) is 26.2 Å². The Kier molecular flexibility index (Phi) is 7.58. The number of carbonyl (C=O) groups is 1. The second kappa shape index (κ2) is 9.21. The molecule has 0 radical (unpaired) electrons. The normalized spacial score (nSPS) is 13.6. The quantitative estimate of drug-likeness (QED) is 0.793. The minimum atomic E-state index is -0.0558. The van der Waals surface area contributed by atoms with E-state index in [4.69, 9.17) is 4.74 Å². The number of amides is 1. The van der Waals surface area contributed by atoms with E-state index in [-0.39, 0.29) is 18.3 Å². The highest BCUT2D eigenvalue weighted by Crippen LogP contribution is 2.12. The summed E-state index contributed by atoms with van der Waals surface area (Å²) in [6.07, 6.45) is 4.82. The third-order valence-corrected chi connectivity index (χ3v) is 3.12. The Hall–Kier alpha value is -1.78. The summed E-state index contributed by atoms with van der Waals surface area (Å²) in [7, 11) is 0. The lowest BCUT2D eigenvalue weighted by atomic mass is 10.1. The summed E-state index contributed by atoms with van der Waals surface area (Å²) in [4.78, 5) is 12.0. The fourth-order valence-electron chi connectivity index (χ4n) is 1.98. The predicted octanol–water partition coefficient (Wildman–Crippen LogP) is 2.32. The van der Waals surface area contributed by atoms with E-state index in [9.17, 15) is 4.79 Å². The van der Waals surface area contributed by atoms with Crippen LogP contribution in [0.5, 0.6) is 5.75 Å². The first-order chi connectivity index (χ1) is 9.79. The van der Waals surface area contributed by atoms with Crippen LogP contribution in [0.3, 0.4) is 0 Å². The van der Waals surface area contributed by atoms with E-state index in [1.807, 2.05) is 0 Å². The van der Waals surface area contributed by atoms with Crippen LogP contribution in [-0.2, 0) is 0 Å². The summed E-state index contributed by atoms with van der Waals surface area (Å²) in [5.41, 5.74) is 1.92. The second-order valence-corrected chi connectivity index (χ2v) is 4.62. The molecule has 1 amide bonds. The molecule has 0 fully saturated rings. The number of hydrogen-bond acceptors (Lipinski definition) is 3. The predicted molar refractivity (Wildman–Crippen MR) is 87.3 cm³/mol. The Bertz CT molecular complexity index is 498. The molecular weight excluding hydrogens is 288 g/mol. The van der Waals surface area contributed by atoms with Crippen LogP contribution in [-0.4, -0.2) is 32.1 Å². The van der Waals surface area contributed by atoms with Crippen LogP contribution in [0, 0.1) is 0 Å². The number of hydrogen-bond donors (Lipinski definition) is 2. The van der Waals surface area contributed by atoms with Gasteiger partial charge in [0.15, 0.2) is 0 Å². The van der Waals surface area contributed by atoms with Crippen LogP contribution in [0.4, 0.5) is 0 Å². The van der Waals surface area contributed by atoms with E-state index in [2.05, 4.69) is 23.3 Å². The van der Waals surface area contributed by atoms with E-state index < -0.39 is 0 Å². The molecule has 0 saturated heterocycles. The molecule has 1 aromatic carbocycles. The molecule has 1 aliphatic heterocycles. The van der Waals surface area contributed by atoms with Gasteiger partial charge >= 0.3 is 0 Å². The molecule has 5 heteroatoms. The van der Waals surface area contributed by atoms with Crippen LogP contribution in [0.2, 0.25) is 0 Å². The zero-order chi connectivity index (χ0) is 14.2. The highest BCUT2D eigenvalue weighted by atomic mass is 35.5. The van der Waals surface area contributed by atoms with Gasteiger partial charge in [-0.05, 0) is 37.2 Å². The molecule has 2 rings (SSSR count). The van der Waals surface area contributed by atoms with Crippen LogP contribution in [0.1, 0.15) is 16.8 Å². The average Bonchev–Trinajstić information content (AvgIpc) is 2.52. The van der Waals surface area contributed by atoms with E-state index in [0.717, 1.165) is 25.3 Å². The first-order valence-corrected chi connectivity index (χ1v) is 6.80. The summed E-state index contributed by atoms with van der Waals surface area (Å²) < 4.78 is 5.38. The van der Waals surface area contributed by atoms with Crippen molar-refractivity contribution in [2.45, 2.75) is 6.42 Å². The van der Waals surface area contributed by atoms with Gasteiger partial charge in [-0.1, -0.05) is 24.3 Å². The summed E-state index contributed by atoms with van der Waals surface area (Å²) in [6, 6.07) is 7.12. The van der Waals surface area contributed by atoms with Gasteiger partial charge in [0.05, 0.1) is 0 Å². The molecule has 0 atom stereocenters. The van der Waals surface area contributed by atoms with Crippen molar-refractivity contribution >= 4 is 18.3 Å². The van der Waals surface area contributed by atoms with Gasteiger partial charge in [0.25, 0.3) is 5.91 Å². The smallest absolute Gasteiger partial charge is 0.251 e. The van der Waals surface area contributed by atoms with Gasteiger partial charge in [-0.2, -0.15) is 0 Å². The molecule has 1 heterocycles. The maximum Gasteiger partial charge on any atom is 0.251 e. The summed E-state index contributed by atoms with van der Waals surface area (Å²) >= 11 is 0. The maximum absolute atomic E-state index is 12.0. The van der Waals surface area contributed by atoms with Gasteiger partial charge in [0.1, 0.15) is 12.4 Å². The monoisotopic (exact) mass is 308 g/mol. The number of ether oxygens (including phenoxy) is 1. The van der Waals surface area contributed by atoms with Crippen molar-refractivity contribution in [3.05, 3.63) is 54.1 Å². The van der Waals surface area contributed by atoms with E-state index in [1.54, 1.807) is 30.3 Å². The van der Waals surface area contributed by atoms with Gasteiger partial charge in [-0.15, -0.1) is 12.4 Å².